The number of nitrogens with zero attached hydrogens (tertiary/aromatic N) is 2. The van der Waals surface area contributed by atoms with Gasteiger partial charge in [0.1, 0.15) is 0 Å². The van der Waals surface area contributed by atoms with Crippen molar-refractivity contribution in [1.29, 1.82) is 0 Å². The number of carbonyl (C=O) groups is 1. The molecule has 2 aromatic rings. The predicted molar refractivity (Wildman–Crippen MR) is 92.9 cm³/mol. The Balaban J connectivity index is 2.21. The first kappa shape index (κ1) is 18.1. The number of benzene rings is 1. The summed E-state index contributed by atoms with van der Waals surface area (Å²) in [4.78, 5) is 12.5. The van der Waals surface area contributed by atoms with Crippen LogP contribution < -0.4 is 19.5 Å². The van der Waals surface area contributed by atoms with Gasteiger partial charge in [0.05, 0.1) is 43.6 Å². The van der Waals surface area contributed by atoms with Crippen LogP contribution in [0.25, 0.3) is 0 Å². The Labute approximate surface area is 149 Å². The SMILES string of the molecule is CCn1cc(Br)c(CNC(=O)c2ccc(OC)c(OC)c2OC)n1. The summed E-state index contributed by atoms with van der Waals surface area (Å²) in [5.74, 6) is 0.915. The molecule has 0 saturated carbocycles. The van der Waals surface area contributed by atoms with E-state index in [9.17, 15) is 4.79 Å². The molecule has 0 aliphatic rings. The van der Waals surface area contributed by atoms with Gasteiger partial charge < -0.3 is 19.5 Å². The van der Waals surface area contributed by atoms with E-state index >= 15 is 0 Å². The highest BCUT2D eigenvalue weighted by atomic mass is 79.9. The minimum Gasteiger partial charge on any atom is -0.493 e. The summed E-state index contributed by atoms with van der Waals surface area (Å²) in [6.45, 7) is 3.05. The molecule has 1 aromatic carbocycles. The van der Waals surface area contributed by atoms with Crippen LogP contribution in [0.3, 0.4) is 0 Å². The quantitative estimate of drug-likeness (QED) is 0.776. The third-order valence-corrected chi connectivity index (χ3v) is 4.14. The molecule has 1 heterocycles. The Morgan fingerprint density at radius 2 is 1.92 bits per heavy atom. The Morgan fingerprint density at radius 1 is 1.21 bits per heavy atom. The topological polar surface area (TPSA) is 74.6 Å². The summed E-state index contributed by atoms with van der Waals surface area (Å²) in [6, 6.07) is 3.30. The van der Waals surface area contributed by atoms with Crippen LogP contribution in [0.1, 0.15) is 23.0 Å². The average Bonchev–Trinajstić information content (AvgIpc) is 2.97. The number of aryl methyl sites for hydroxylation is 1. The molecular weight excluding hydrogens is 378 g/mol. The maximum Gasteiger partial charge on any atom is 0.255 e. The zero-order valence-electron chi connectivity index (χ0n) is 14.1. The van der Waals surface area contributed by atoms with Gasteiger partial charge in [-0.05, 0) is 35.0 Å². The molecule has 0 unspecified atom stereocenters. The molecule has 1 N–H and O–H groups in total. The van der Waals surface area contributed by atoms with Crippen LogP contribution in [-0.4, -0.2) is 37.0 Å². The highest BCUT2D eigenvalue weighted by Gasteiger charge is 2.21. The van der Waals surface area contributed by atoms with Gasteiger partial charge in [-0.2, -0.15) is 5.10 Å². The lowest BCUT2D eigenvalue weighted by Gasteiger charge is -2.15. The predicted octanol–water partition coefficient (Wildman–Crippen LogP) is 2.62. The van der Waals surface area contributed by atoms with E-state index in [0.717, 1.165) is 16.7 Å². The van der Waals surface area contributed by atoms with Crippen molar-refractivity contribution in [2.75, 3.05) is 21.3 Å². The molecule has 8 heteroatoms. The Bertz CT molecular complexity index is 730. The minimum absolute atomic E-state index is 0.286. The van der Waals surface area contributed by atoms with Crippen molar-refractivity contribution in [2.45, 2.75) is 20.0 Å². The molecule has 2 rings (SSSR count). The molecule has 0 aliphatic heterocycles. The van der Waals surface area contributed by atoms with Crippen LogP contribution in [0.4, 0.5) is 0 Å². The fourth-order valence-corrected chi connectivity index (χ4v) is 2.71. The van der Waals surface area contributed by atoms with Crippen LogP contribution >= 0.6 is 15.9 Å². The molecule has 7 nitrogen and oxygen atoms in total. The van der Waals surface area contributed by atoms with E-state index in [0.29, 0.717) is 29.4 Å². The van der Waals surface area contributed by atoms with Gasteiger partial charge in [-0.15, -0.1) is 0 Å². The van der Waals surface area contributed by atoms with Crippen molar-refractivity contribution >= 4 is 21.8 Å². The maximum absolute atomic E-state index is 12.5. The highest BCUT2D eigenvalue weighted by molar-refractivity contribution is 9.10. The zero-order chi connectivity index (χ0) is 17.7. The molecular formula is C16H20BrN3O4. The number of hydrogen-bond donors (Lipinski definition) is 1. The fourth-order valence-electron chi connectivity index (χ4n) is 2.26. The van der Waals surface area contributed by atoms with E-state index in [-0.39, 0.29) is 5.91 Å². The Kier molecular flexibility index (Phi) is 6.08. The molecule has 1 aromatic heterocycles. The molecule has 0 saturated heterocycles. The maximum atomic E-state index is 12.5. The lowest BCUT2D eigenvalue weighted by molar-refractivity contribution is 0.0946. The van der Waals surface area contributed by atoms with Crippen LogP contribution in [-0.2, 0) is 13.1 Å². The third-order valence-electron chi connectivity index (χ3n) is 3.48. The smallest absolute Gasteiger partial charge is 0.255 e. The van der Waals surface area contributed by atoms with Crippen molar-refractivity contribution in [2.24, 2.45) is 0 Å². The number of rotatable bonds is 7. The van der Waals surface area contributed by atoms with Gasteiger partial charge in [-0.1, -0.05) is 0 Å². The van der Waals surface area contributed by atoms with E-state index in [2.05, 4.69) is 26.3 Å². The number of ether oxygens (including phenoxy) is 3. The molecule has 0 aliphatic carbocycles. The van der Waals surface area contributed by atoms with Crippen molar-refractivity contribution < 1.29 is 19.0 Å². The normalized spacial score (nSPS) is 10.4. The second-order valence-electron chi connectivity index (χ2n) is 4.84. The van der Waals surface area contributed by atoms with Crippen molar-refractivity contribution in [3.8, 4) is 17.2 Å². The number of hydrogen-bond acceptors (Lipinski definition) is 5. The molecule has 0 atom stereocenters. The van der Waals surface area contributed by atoms with Crippen LogP contribution in [0.5, 0.6) is 17.2 Å². The number of carbonyl (C=O) groups excluding carboxylic acids is 1. The summed E-state index contributed by atoms with van der Waals surface area (Å²) in [6.07, 6.45) is 1.87. The first-order valence-electron chi connectivity index (χ1n) is 7.34. The van der Waals surface area contributed by atoms with Crippen LogP contribution in [0.15, 0.2) is 22.8 Å². The van der Waals surface area contributed by atoms with E-state index in [1.807, 2.05) is 13.1 Å². The Morgan fingerprint density at radius 3 is 2.46 bits per heavy atom. The average molecular weight is 398 g/mol. The standard InChI is InChI=1S/C16H20BrN3O4/c1-5-20-9-11(17)12(19-20)8-18-16(21)10-6-7-13(22-2)15(24-4)14(10)23-3/h6-7,9H,5,8H2,1-4H3,(H,18,21). The second-order valence-corrected chi connectivity index (χ2v) is 5.70. The van der Waals surface area contributed by atoms with Crippen molar-refractivity contribution in [3.63, 3.8) is 0 Å². The molecule has 0 fully saturated rings. The van der Waals surface area contributed by atoms with Gasteiger partial charge in [0.2, 0.25) is 5.75 Å². The van der Waals surface area contributed by atoms with Crippen molar-refractivity contribution in [3.05, 3.63) is 34.1 Å². The van der Waals surface area contributed by atoms with Gasteiger partial charge in [0, 0.05) is 12.7 Å². The minimum atomic E-state index is -0.286. The number of halogens is 1. The summed E-state index contributed by atoms with van der Waals surface area (Å²) >= 11 is 3.44. The number of amides is 1. The van der Waals surface area contributed by atoms with Gasteiger partial charge >= 0.3 is 0 Å². The molecule has 0 radical (unpaired) electrons. The summed E-state index contributed by atoms with van der Waals surface area (Å²) in [7, 11) is 4.50. The second kappa shape index (κ2) is 8.05. The van der Waals surface area contributed by atoms with E-state index in [1.165, 1.54) is 21.3 Å². The number of methoxy groups -OCH3 is 3. The van der Waals surface area contributed by atoms with Gasteiger partial charge in [0.15, 0.2) is 11.5 Å². The van der Waals surface area contributed by atoms with Gasteiger partial charge in [-0.25, -0.2) is 0 Å². The Hall–Kier alpha value is -2.22. The first-order chi connectivity index (χ1) is 11.5. The summed E-state index contributed by atoms with van der Waals surface area (Å²) < 4.78 is 18.5. The van der Waals surface area contributed by atoms with Gasteiger partial charge in [-0.3, -0.25) is 9.48 Å². The van der Waals surface area contributed by atoms with E-state index in [4.69, 9.17) is 14.2 Å². The zero-order valence-corrected chi connectivity index (χ0v) is 15.6. The number of aromatic nitrogens is 2. The van der Waals surface area contributed by atoms with Crippen LogP contribution in [0.2, 0.25) is 0 Å². The molecule has 24 heavy (non-hydrogen) atoms. The molecule has 0 spiro atoms. The molecule has 130 valence electrons. The van der Waals surface area contributed by atoms with Crippen molar-refractivity contribution in [1.82, 2.24) is 15.1 Å². The fraction of sp³-hybridized carbons (Fsp3) is 0.375. The largest absolute Gasteiger partial charge is 0.493 e. The lowest BCUT2D eigenvalue weighted by atomic mass is 10.1. The first-order valence-corrected chi connectivity index (χ1v) is 8.13. The molecule has 1 amide bonds. The summed E-state index contributed by atoms with van der Waals surface area (Å²) in [5, 5.41) is 7.21. The summed E-state index contributed by atoms with van der Waals surface area (Å²) in [5.41, 5.74) is 1.12. The molecule has 0 bridgehead atoms. The van der Waals surface area contributed by atoms with E-state index in [1.54, 1.807) is 16.8 Å². The lowest BCUT2D eigenvalue weighted by Crippen LogP contribution is -2.24. The highest BCUT2D eigenvalue weighted by Crippen LogP contribution is 2.39. The van der Waals surface area contributed by atoms with Gasteiger partial charge in [0.25, 0.3) is 5.91 Å². The number of nitrogens with one attached hydrogen (secondary N) is 1. The third kappa shape index (κ3) is 3.64. The van der Waals surface area contributed by atoms with E-state index < -0.39 is 0 Å². The monoisotopic (exact) mass is 397 g/mol. The van der Waals surface area contributed by atoms with Crippen LogP contribution in [0, 0.1) is 0 Å².